The summed E-state index contributed by atoms with van der Waals surface area (Å²) < 4.78 is 0. The smallest absolute Gasteiger partial charge is 0.278 e. The largest absolute Gasteiger partial charge is 0.385 e. The van der Waals surface area contributed by atoms with Gasteiger partial charge in [0.2, 0.25) is 0 Å². The molecule has 28 heavy (non-hydrogen) atoms. The Morgan fingerprint density at radius 3 is 2.36 bits per heavy atom. The maximum atomic E-state index is 12.9. The highest BCUT2D eigenvalue weighted by molar-refractivity contribution is 6.68. The zero-order valence-corrected chi connectivity index (χ0v) is 17.6. The topological polar surface area (TPSA) is 70.6 Å². The van der Waals surface area contributed by atoms with Crippen LogP contribution in [0.1, 0.15) is 33.3 Å². The zero-order valence-electron chi connectivity index (χ0n) is 16.9. The summed E-state index contributed by atoms with van der Waals surface area (Å²) in [7, 11) is 0. The molecule has 1 amide bonds. The lowest BCUT2D eigenvalue weighted by molar-refractivity contribution is -0.121. The number of Topliss-reactive ketones (excluding diaryl/α,β-unsaturated/α-hetero) is 1. The summed E-state index contributed by atoms with van der Waals surface area (Å²) >= 11 is 6.13. The van der Waals surface area contributed by atoms with Crippen LogP contribution in [0.15, 0.2) is 47.5 Å². The van der Waals surface area contributed by atoms with E-state index in [2.05, 4.69) is 15.6 Å². The fraction of sp³-hybridized carbons (Fsp3) is 0.318. The Morgan fingerprint density at radius 1 is 1.11 bits per heavy atom. The van der Waals surface area contributed by atoms with Gasteiger partial charge in [0, 0.05) is 17.6 Å². The standard InChI is InChI=1S/C22H26ClN3O2/c1-6-24-15-11-12-17(14(2)13-15)25-19(20(27)22(3,4)5)21(28)26-18-10-8-7-9-16(18)23/h7-13,24H,6H2,1-5H3,(H,26,28). The minimum Gasteiger partial charge on any atom is -0.385 e. The molecule has 0 aliphatic heterocycles. The molecule has 148 valence electrons. The summed E-state index contributed by atoms with van der Waals surface area (Å²) in [5.41, 5.74) is 1.93. The number of ketones is 1. The number of hydrogen-bond acceptors (Lipinski definition) is 4. The van der Waals surface area contributed by atoms with Gasteiger partial charge in [0.1, 0.15) is 0 Å². The van der Waals surface area contributed by atoms with E-state index >= 15 is 0 Å². The summed E-state index contributed by atoms with van der Waals surface area (Å²) in [5, 5.41) is 6.32. The maximum absolute atomic E-state index is 12.9. The van der Waals surface area contributed by atoms with Crippen molar-refractivity contribution in [3.8, 4) is 0 Å². The van der Waals surface area contributed by atoms with Crippen molar-refractivity contribution in [2.75, 3.05) is 17.2 Å². The third-order valence-electron chi connectivity index (χ3n) is 4.04. The van der Waals surface area contributed by atoms with E-state index in [1.165, 1.54) is 0 Å². The summed E-state index contributed by atoms with van der Waals surface area (Å²) in [5.74, 6) is -0.921. The lowest BCUT2D eigenvalue weighted by Gasteiger charge is -2.18. The van der Waals surface area contributed by atoms with E-state index in [9.17, 15) is 9.59 Å². The third kappa shape index (κ3) is 5.42. The molecule has 5 nitrogen and oxygen atoms in total. The Hall–Kier alpha value is -2.66. The molecule has 0 saturated heterocycles. The molecule has 0 aliphatic carbocycles. The first-order valence-electron chi connectivity index (χ1n) is 9.17. The quantitative estimate of drug-likeness (QED) is 0.504. The number of anilines is 2. The van der Waals surface area contributed by atoms with E-state index in [-0.39, 0.29) is 11.5 Å². The molecule has 0 heterocycles. The first kappa shape index (κ1) is 21.6. The minimum absolute atomic E-state index is 0.147. The number of hydrogen-bond donors (Lipinski definition) is 2. The van der Waals surface area contributed by atoms with Crippen molar-refractivity contribution in [2.24, 2.45) is 10.4 Å². The number of halogens is 1. The van der Waals surface area contributed by atoms with E-state index in [1.807, 2.05) is 26.0 Å². The summed E-state index contributed by atoms with van der Waals surface area (Å²) in [6.07, 6.45) is 0. The van der Waals surface area contributed by atoms with Gasteiger partial charge in [-0.05, 0) is 49.7 Å². The molecule has 2 aromatic carbocycles. The second-order valence-electron chi connectivity index (χ2n) is 7.51. The molecular formula is C22H26ClN3O2. The molecule has 0 fully saturated rings. The van der Waals surface area contributed by atoms with E-state index in [4.69, 9.17) is 11.6 Å². The molecular weight excluding hydrogens is 374 g/mol. The van der Waals surface area contributed by atoms with Gasteiger partial charge in [-0.2, -0.15) is 0 Å². The van der Waals surface area contributed by atoms with Crippen molar-refractivity contribution < 1.29 is 9.59 Å². The van der Waals surface area contributed by atoms with Gasteiger partial charge >= 0.3 is 0 Å². The molecule has 0 spiro atoms. The van der Waals surface area contributed by atoms with Crippen LogP contribution in [0.2, 0.25) is 5.02 Å². The number of carbonyl (C=O) groups excluding carboxylic acids is 2. The van der Waals surface area contributed by atoms with Crippen LogP contribution in [0.25, 0.3) is 0 Å². The van der Waals surface area contributed by atoms with Crippen LogP contribution in [-0.2, 0) is 9.59 Å². The summed E-state index contributed by atoms with van der Waals surface area (Å²) in [4.78, 5) is 30.3. The normalized spacial score (nSPS) is 11.9. The van der Waals surface area contributed by atoms with Gasteiger partial charge in [-0.3, -0.25) is 9.59 Å². The molecule has 0 unspecified atom stereocenters. The molecule has 0 bridgehead atoms. The van der Waals surface area contributed by atoms with Crippen LogP contribution in [0.4, 0.5) is 17.1 Å². The molecule has 2 aromatic rings. The molecule has 0 aromatic heterocycles. The van der Waals surface area contributed by atoms with E-state index < -0.39 is 11.3 Å². The Labute approximate surface area is 171 Å². The maximum Gasteiger partial charge on any atom is 0.278 e. The Morgan fingerprint density at radius 2 is 1.79 bits per heavy atom. The SMILES string of the molecule is CCNc1ccc(N=C(C(=O)Nc2ccccc2Cl)C(=O)C(C)(C)C)c(C)c1. The van der Waals surface area contributed by atoms with E-state index in [0.717, 1.165) is 17.8 Å². The average Bonchev–Trinajstić information content (AvgIpc) is 2.62. The molecule has 0 atom stereocenters. The lowest BCUT2D eigenvalue weighted by atomic mass is 9.87. The number of rotatable bonds is 6. The number of aryl methyl sites for hydroxylation is 1. The average molecular weight is 400 g/mol. The van der Waals surface area contributed by atoms with Crippen molar-refractivity contribution in [1.82, 2.24) is 0 Å². The third-order valence-corrected chi connectivity index (χ3v) is 4.37. The highest BCUT2D eigenvalue weighted by atomic mass is 35.5. The molecule has 2 rings (SSSR count). The summed E-state index contributed by atoms with van der Waals surface area (Å²) in [6, 6.07) is 12.5. The fourth-order valence-electron chi connectivity index (χ4n) is 2.52. The predicted octanol–water partition coefficient (Wildman–Crippen LogP) is 5.41. The van der Waals surface area contributed by atoms with Gasteiger partial charge in [0.25, 0.3) is 5.91 Å². The number of para-hydroxylation sites is 1. The molecule has 0 radical (unpaired) electrons. The van der Waals surface area contributed by atoms with Crippen LogP contribution in [-0.4, -0.2) is 23.9 Å². The Bertz CT molecular complexity index is 914. The fourth-order valence-corrected chi connectivity index (χ4v) is 2.70. The first-order valence-corrected chi connectivity index (χ1v) is 9.55. The van der Waals surface area contributed by atoms with Gasteiger partial charge in [0.05, 0.1) is 16.4 Å². The second kappa shape index (κ2) is 9.02. The van der Waals surface area contributed by atoms with Crippen LogP contribution < -0.4 is 10.6 Å². The predicted molar refractivity (Wildman–Crippen MR) is 117 cm³/mol. The van der Waals surface area contributed by atoms with Gasteiger partial charge in [-0.1, -0.05) is 44.5 Å². The molecule has 0 aliphatic rings. The number of nitrogens with one attached hydrogen (secondary N) is 2. The Balaban J connectivity index is 2.45. The number of amides is 1. The van der Waals surface area contributed by atoms with Crippen LogP contribution in [0.3, 0.4) is 0 Å². The summed E-state index contributed by atoms with van der Waals surface area (Å²) in [6.45, 7) is 9.99. The molecule has 6 heteroatoms. The number of aliphatic imine (C=N–C) groups is 1. The van der Waals surface area contributed by atoms with Crippen LogP contribution in [0, 0.1) is 12.3 Å². The molecule has 2 N–H and O–H groups in total. The molecule has 0 saturated carbocycles. The number of benzene rings is 2. The zero-order chi connectivity index (χ0) is 20.9. The minimum atomic E-state index is -0.756. The van der Waals surface area contributed by atoms with Crippen molar-refractivity contribution in [2.45, 2.75) is 34.6 Å². The van der Waals surface area contributed by atoms with Crippen molar-refractivity contribution in [3.05, 3.63) is 53.1 Å². The highest BCUT2D eigenvalue weighted by Gasteiger charge is 2.31. The van der Waals surface area contributed by atoms with Crippen LogP contribution in [0.5, 0.6) is 0 Å². The van der Waals surface area contributed by atoms with Gasteiger partial charge in [-0.25, -0.2) is 4.99 Å². The first-order chi connectivity index (χ1) is 13.1. The van der Waals surface area contributed by atoms with Crippen LogP contribution >= 0.6 is 11.6 Å². The second-order valence-corrected chi connectivity index (χ2v) is 7.91. The van der Waals surface area contributed by atoms with Gasteiger partial charge in [0.15, 0.2) is 11.5 Å². The van der Waals surface area contributed by atoms with E-state index in [0.29, 0.717) is 16.4 Å². The number of carbonyl (C=O) groups is 2. The van der Waals surface area contributed by atoms with Crippen molar-refractivity contribution in [3.63, 3.8) is 0 Å². The van der Waals surface area contributed by atoms with Gasteiger partial charge in [-0.15, -0.1) is 0 Å². The van der Waals surface area contributed by atoms with Crippen molar-refractivity contribution >= 4 is 46.1 Å². The highest BCUT2D eigenvalue weighted by Crippen LogP contribution is 2.26. The number of nitrogens with zero attached hydrogens (tertiary/aromatic N) is 1. The van der Waals surface area contributed by atoms with E-state index in [1.54, 1.807) is 51.1 Å². The monoisotopic (exact) mass is 399 g/mol. The van der Waals surface area contributed by atoms with Crippen molar-refractivity contribution in [1.29, 1.82) is 0 Å². The lowest BCUT2D eigenvalue weighted by Crippen LogP contribution is -2.37. The van der Waals surface area contributed by atoms with Gasteiger partial charge < -0.3 is 10.6 Å². The Kier molecular flexibility index (Phi) is 6.97.